The minimum Gasteiger partial charge on any atom is -0.350 e. The maximum Gasteiger partial charge on any atom is 0.222 e. The van der Waals surface area contributed by atoms with Crippen LogP contribution in [0.25, 0.3) is 0 Å². The number of imidazole rings is 1. The van der Waals surface area contributed by atoms with E-state index in [0.29, 0.717) is 13.0 Å². The molecule has 122 valence electrons. The van der Waals surface area contributed by atoms with Gasteiger partial charge in [-0.1, -0.05) is 18.2 Å². The van der Waals surface area contributed by atoms with Gasteiger partial charge in [0.25, 0.3) is 0 Å². The van der Waals surface area contributed by atoms with Gasteiger partial charge in [-0.2, -0.15) is 0 Å². The summed E-state index contributed by atoms with van der Waals surface area (Å²) in [5.74, 6) is 1.03. The van der Waals surface area contributed by atoms with Crippen molar-refractivity contribution >= 4 is 5.91 Å². The van der Waals surface area contributed by atoms with Gasteiger partial charge in [0, 0.05) is 25.4 Å². The van der Waals surface area contributed by atoms with Crippen LogP contribution in [-0.2, 0) is 24.2 Å². The summed E-state index contributed by atoms with van der Waals surface area (Å²) in [7, 11) is 0. The summed E-state index contributed by atoms with van der Waals surface area (Å²) in [4.78, 5) is 16.4. The van der Waals surface area contributed by atoms with Crippen molar-refractivity contribution in [3.63, 3.8) is 0 Å². The van der Waals surface area contributed by atoms with Crippen molar-refractivity contribution < 1.29 is 4.79 Å². The summed E-state index contributed by atoms with van der Waals surface area (Å²) in [6.45, 7) is 4.69. The molecule has 4 heteroatoms. The van der Waals surface area contributed by atoms with E-state index in [1.807, 2.05) is 17.7 Å². The predicted molar refractivity (Wildman–Crippen MR) is 91.2 cm³/mol. The monoisotopic (exact) mass is 311 g/mol. The van der Waals surface area contributed by atoms with Crippen molar-refractivity contribution in [3.8, 4) is 0 Å². The van der Waals surface area contributed by atoms with Gasteiger partial charge in [-0.3, -0.25) is 4.79 Å². The smallest absolute Gasteiger partial charge is 0.222 e. The van der Waals surface area contributed by atoms with E-state index < -0.39 is 0 Å². The zero-order valence-corrected chi connectivity index (χ0v) is 14.0. The normalized spacial score (nSPS) is 15.0. The van der Waals surface area contributed by atoms with Gasteiger partial charge < -0.3 is 9.88 Å². The highest BCUT2D eigenvalue weighted by atomic mass is 16.1. The van der Waals surface area contributed by atoms with Crippen LogP contribution in [0.1, 0.15) is 54.7 Å². The minimum atomic E-state index is 0.0543. The molecule has 1 unspecified atom stereocenters. The summed E-state index contributed by atoms with van der Waals surface area (Å²) < 4.78 is 2.00. The molecule has 0 bridgehead atoms. The molecule has 4 nitrogen and oxygen atoms in total. The number of carbonyl (C=O) groups excluding carboxylic acids is 1. The Hall–Kier alpha value is -2.10. The van der Waals surface area contributed by atoms with Crippen LogP contribution < -0.4 is 5.32 Å². The lowest BCUT2D eigenvalue weighted by atomic mass is 9.89. The van der Waals surface area contributed by atoms with Crippen LogP contribution in [0, 0.1) is 6.92 Å². The molecule has 2 aromatic rings. The number of rotatable bonds is 5. The number of aromatic nitrogens is 2. The van der Waals surface area contributed by atoms with Gasteiger partial charge in [-0.25, -0.2) is 4.98 Å². The van der Waals surface area contributed by atoms with Crippen LogP contribution in [0.15, 0.2) is 30.6 Å². The van der Waals surface area contributed by atoms with E-state index in [9.17, 15) is 4.79 Å². The number of nitrogens with zero attached hydrogens (tertiary/aromatic N) is 2. The van der Waals surface area contributed by atoms with E-state index in [-0.39, 0.29) is 11.9 Å². The number of hydrogen-bond donors (Lipinski definition) is 1. The fourth-order valence-corrected chi connectivity index (χ4v) is 3.28. The fourth-order valence-electron chi connectivity index (χ4n) is 3.28. The highest BCUT2D eigenvalue weighted by molar-refractivity contribution is 5.76. The zero-order chi connectivity index (χ0) is 16.2. The van der Waals surface area contributed by atoms with E-state index in [2.05, 4.69) is 35.4 Å². The first-order chi connectivity index (χ1) is 11.1. The molecule has 23 heavy (non-hydrogen) atoms. The third-order valence-electron chi connectivity index (χ3n) is 4.75. The molecule has 0 radical (unpaired) electrons. The Labute approximate surface area is 137 Å². The molecule has 3 rings (SSSR count). The summed E-state index contributed by atoms with van der Waals surface area (Å²) >= 11 is 0. The first kappa shape index (κ1) is 15.8. The maximum absolute atomic E-state index is 12.2. The number of hydrogen-bond acceptors (Lipinski definition) is 2. The number of fused-ring (bicyclic) bond motifs is 1. The van der Waals surface area contributed by atoms with Gasteiger partial charge >= 0.3 is 0 Å². The fraction of sp³-hybridized carbons (Fsp3) is 0.474. The van der Waals surface area contributed by atoms with Gasteiger partial charge in [-0.05, 0) is 56.2 Å². The lowest BCUT2D eigenvalue weighted by Gasteiger charge is -2.20. The number of benzene rings is 1. The van der Waals surface area contributed by atoms with Crippen LogP contribution in [0.3, 0.4) is 0 Å². The highest BCUT2D eigenvalue weighted by Gasteiger charge is 2.14. The summed E-state index contributed by atoms with van der Waals surface area (Å²) in [6, 6.07) is 6.73. The van der Waals surface area contributed by atoms with Crippen LogP contribution >= 0.6 is 0 Å². The van der Waals surface area contributed by atoms with Gasteiger partial charge in [0.15, 0.2) is 0 Å². The van der Waals surface area contributed by atoms with E-state index >= 15 is 0 Å². The molecule has 1 atom stereocenters. The molecule has 0 spiro atoms. The molecule has 0 fully saturated rings. The van der Waals surface area contributed by atoms with E-state index in [4.69, 9.17) is 0 Å². The number of carbonyl (C=O) groups is 1. The van der Waals surface area contributed by atoms with Crippen LogP contribution in [0.4, 0.5) is 0 Å². The van der Waals surface area contributed by atoms with Crippen LogP contribution in [0.2, 0.25) is 0 Å². The van der Waals surface area contributed by atoms with Crippen molar-refractivity contribution in [2.24, 2.45) is 0 Å². The van der Waals surface area contributed by atoms with Crippen molar-refractivity contribution in [1.29, 1.82) is 0 Å². The predicted octanol–water partition coefficient (Wildman–Crippen LogP) is 3.34. The van der Waals surface area contributed by atoms with E-state index in [0.717, 1.165) is 5.82 Å². The molecule has 0 saturated carbocycles. The van der Waals surface area contributed by atoms with E-state index in [1.165, 1.54) is 42.4 Å². The summed E-state index contributed by atoms with van der Waals surface area (Å²) in [6.07, 6.45) is 9.10. The van der Waals surface area contributed by atoms with Crippen molar-refractivity contribution in [3.05, 3.63) is 53.1 Å². The lowest BCUT2D eigenvalue weighted by molar-refractivity contribution is -0.121. The van der Waals surface area contributed by atoms with Crippen molar-refractivity contribution in [2.75, 3.05) is 0 Å². The third kappa shape index (κ3) is 3.81. The quantitative estimate of drug-likeness (QED) is 0.920. The second-order valence-electron chi connectivity index (χ2n) is 6.44. The number of amides is 1. The average molecular weight is 311 g/mol. The molecule has 1 aliphatic carbocycles. The van der Waals surface area contributed by atoms with Gasteiger partial charge in [0.1, 0.15) is 5.82 Å². The zero-order valence-electron chi connectivity index (χ0n) is 14.0. The Balaban J connectivity index is 1.57. The summed E-state index contributed by atoms with van der Waals surface area (Å²) in [5.41, 5.74) is 4.15. The van der Waals surface area contributed by atoms with Crippen molar-refractivity contribution in [1.82, 2.24) is 14.9 Å². The molecule has 0 aliphatic heterocycles. The molecule has 1 aromatic heterocycles. The molecule has 1 aromatic carbocycles. The van der Waals surface area contributed by atoms with Crippen LogP contribution in [-0.4, -0.2) is 15.5 Å². The second kappa shape index (κ2) is 6.99. The Kier molecular flexibility index (Phi) is 4.79. The Morgan fingerprint density at radius 3 is 2.83 bits per heavy atom. The largest absolute Gasteiger partial charge is 0.350 e. The molecule has 0 saturated heterocycles. The van der Waals surface area contributed by atoms with E-state index in [1.54, 1.807) is 6.20 Å². The Morgan fingerprint density at radius 1 is 1.30 bits per heavy atom. The lowest BCUT2D eigenvalue weighted by Crippen LogP contribution is -2.27. The number of aryl methyl sites for hydroxylation is 4. The standard InChI is InChI=1S/C19H25N3O/c1-14(17-8-7-16-5-3-4-6-18(16)13-17)21-19(23)9-11-22-12-10-20-15(22)2/h7-8,10,12-14H,3-6,9,11H2,1-2H3,(H,21,23). The molecule has 1 heterocycles. The van der Waals surface area contributed by atoms with Gasteiger partial charge in [-0.15, -0.1) is 0 Å². The highest BCUT2D eigenvalue weighted by Crippen LogP contribution is 2.24. The molecule has 1 aliphatic rings. The maximum atomic E-state index is 12.2. The molecular weight excluding hydrogens is 286 g/mol. The van der Waals surface area contributed by atoms with Gasteiger partial charge in [0.05, 0.1) is 6.04 Å². The number of nitrogens with one attached hydrogen (secondary N) is 1. The van der Waals surface area contributed by atoms with Gasteiger partial charge in [0.2, 0.25) is 5.91 Å². The average Bonchev–Trinajstić information content (AvgIpc) is 2.97. The molecule has 1 N–H and O–H groups in total. The first-order valence-electron chi connectivity index (χ1n) is 8.52. The SMILES string of the molecule is Cc1nccn1CCC(=O)NC(C)c1ccc2c(c1)CCCC2. The Morgan fingerprint density at radius 2 is 2.09 bits per heavy atom. The van der Waals surface area contributed by atoms with Crippen LogP contribution in [0.5, 0.6) is 0 Å². The topological polar surface area (TPSA) is 46.9 Å². The Bertz CT molecular complexity index is 690. The minimum absolute atomic E-state index is 0.0543. The summed E-state index contributed by atoms with van der Waals surface area (Å²) in [5, 5.41) is 3.11. The molecule has 1 amide bonds. The third-order valence-corrected chi connectivity index (χ3v) is 4.75. The second-order valence-corrected chi connectivity index (χ2v) is 6.44. The first-order valence-corrected chi connectivity index (χ1v) is 8.52. The molecular formula is C19H25N3O. The van der Waals surface area contributed by atoms with Crippen molar-refractivity contribution in [2.45, 2.75) is 58.5 Å².